The monoisotopic (exact) mass is 270 g/mol. The van der Waals surface area contributed by atoms with Crippen molar-refractivity contribution in [1.82, 2.24) is 4.98 Å². The molecule has 2 aromatic rings. The van der Waals surface area contributed by atoms with Crippen LogP contribution in [0, 0.1) is 11.3 Å². The zero-order chi connectivity index (χ0) is 13.7. The lowest BCUT2D eigenvalue weighted by Crippen LogP contribution is -2.03. The minimum Gasteiger partial charge on any atom is -0.264 e. The zero-order valence-electron chi connectivity index (χ0n) is 9.89. The van der Waals surface area contributed by atoms with Crippen molar-refractivity contribution in [2.45, 2.75) is 4.90 Å². The molecule has 0 radical (unpaired) electrons. The molecule has 1 aromatic carbocycles. The van der Waals surface area contributed by atoms with Gasteiger partial charge in [-0.05, 0) is 29.8 Å². The lowest BCUT2D eigenvalue weighted by atomic mass is 10.3. The molecule has 2 rings (SSSR count). The van der Waals surface area contributed by atoms with Gasteiger partial charge in [0.25, 0.3) is 0 Å². The van der Waals surface area contributed by atoms with Gasteiger partial charge in [-0.15, -0.1) is 0 Å². The molecule has 19 heavy (non-hydrogen) atoms. The minimum atomic E-state index is -3.78. The molecule has 0 unspecified atom stereocenters. The summed E-state index contributed by atoms with van der Waals surface area (Å²) in [6.45, 7) is 0. The number of aromatic nitrogens is 1. The smallest absolute Gasteiger partial charge is 0.216 e. The van der Waals surface area contributed by atoms with Gasteiger partial charge in [-0.1, -0.05) is 24.3 Å². The van der Waals surface area contributed by atoms with Gasteiger partial charge in [0.1, 0.15) is 11.0 Å². The summed E-state index contributed by atoms with van der Waals surface area (Å²) in [5.41, 5.74) is 0.568. The first-order valence-corrected chi connectivity index (χ1v) is 6.95. The van der Waals surface area contributed by atoms with Crippen LogP contribution in [0.1, 0.15) is 5.56 Å². The highest BCUT2D eigenvalue weighted by Crippen LogP contribution is 2.20. The second-order valence-corrected chi connectivity index (χ2v) is 5.64. The summed E-state index contributed by atoms with van der Waals surface area (Å²) in [6.07, 6.45) is 4.39. The first-order chi connectivity index (χ1) is 9.14. The molecule has 94 valence electrons. The van der Waals surface area contributed by atoms with E-state index in [1.54, 1.807) is 42.6 Å². The van der Waals surface area contributed by atoms with Gasteiger partial charge in [-0.3, -0.25) is 4.98 Å². The summed E-state index contributed by atoms with van der Waals surface area (Å²) in [4.78, 5) is 3.68. The number of benzene rings is 1. The van der Waals surface area contributed by atoms with E-state index in [-0.39, 0.29) is 9.80 Å². The summed E-state index contributed by atoms with van der Waals surface area (Å²) >= 11 is 0. The lowest BCUT2D eigenvalue weighted by molar-refractivity contribution is 0.603. The van der Waals surface area contributed by atoms with E-state index in [2.05, 4.69) is 4.98 Å². The van der Waals surface area contributed by atoms with E-state index < -0.39 is 9.84 Å². The van der Waals surface area contributed by atoms with Crippen LogP contribution in [0.4, 0.5) is 0 Å². The molecule has 0 bridgehead atoms. The van der Waals surface area contributed by atoms with E-state index in [1.807, 2.05) is 0 Å². The average Bonchev–Trinajstić information content (AvgIpc) is 2.46. The van der Waals surface area contributed by atoms with Gasteiger partial charge < -0.3 is 0 Å². The molecule has 0 saturated carbocycles. The van der Waals surface area contributed by atoms with Crippen molar-refractivity contribution < 1.29 is 8.42 Å². The van der Waals surface area contributed by atoms with E-state index in [1.165, 1.54) is 24.4 Å². The highest BCUT2D eigenvalue weighted by Gasteiger charge is 2.20. The minimum absolute atomic E-state index is 0.103. The van der Waals surface area contributed by atoms with Crippen LogP contribution in [0.25, 0.3) is 6.08 Å². The second-order valence-electron chi connectivity index (χ2n) is 3.72. The van der Waals surface area contributed by atoms with E-state index >= 15 is 0 Å². The van der Waals surface area contributed by atoms with Crippen molar-refractivity contribution in [2.75, 3.05) is 0 Å². The summed E-state index contributed by atoms with van der Waals surface area (Å²) in [6, 6.07) is 13.0. The number of nitriles is 1. The van der Waals surface area contributed by atoms with Gasteiger partial charge in [0.2, 0.25) is 9.84 Å². The standard InChI is InChI=1S/C14H10N2O2S/c15-10-14(9-12-5-4-8-16-11-12)19(17,18)13-6-2-1-3-7-13/h1-9,11H/b14-9+. The fourth-order valence-electron chi connectivity index (χ4n) is 1.51. The van der Waals surface area contributed by atoms with E-state index in [0.717, 1.165) is 0 Å². The zero-order valence-corrected chi connectivity index (χ0v) is 10.7. The van der Waals surface area contributed by atoms with Gasteiger partial charge in [0.15, 0.2) is 0 Å². The Labute approximate surface area is 111 Å². The normalized spacial score (nSPS) is 11.8. The largest absolute Gasteiger partial charge is 0.264 e. The van der Waals surface area contributed by atoms with Gasteiger partial charge in [0.05, 0.1) is 4.90 Å². The van der Waals surface area contributed by atoms with Crippen LogP contribution in [0.5, 0.6) is 0 Å². The van der Waals surface area contributed by atoms with Crippen molar-refractivity contribution >= 4 is 15.9 Å². The molecule has 0 saturated heterocycles. The molecule has 1 aromatic heterocycles. The predicted octanol–water partition coefficient (Wildman–Crippen LogP) is 2.42. The Bertz CT molecular complexity index is 730. The van der Waals surface area contributed by atoms with Crippen molar-refractivity contribution in [3.05, 3.63) is 65.3 Å². The van der Waals surface area contributed by atoms with Gasteiger partial charge in [0, 0.05) is 12.4 Å². The number of rotatable bonds is 3. The van der Waals surface area contributed by atoms with Crippen LogP contribution in [0.15, 0.2) is 64.7 Å². The van der Waals surface area contributed by atoms with Crippen LogP contribution in [-0.4, -0.2) is 13.4 Å². The third-order valence-corrected chi connectivity index (χ3v) is 4.12. The molecule has 0 aliphatic carbocycles. The molecule has 0 aliphatic rings. The Balaban J connectivity index is 2.50. The number of nitrogens with zero attached hydrogens (tertiary/aromatic N) is 2. The fourth-order valence-corrected chi connectivity index (χ4v) is 2.69. The Morgan fingerprint density at radius 2 is 1.89 bits per heavy atom. The maximum atomic E-state index is 12.3. The molecular weight excluding hydrogens is 260 g/mol. The van der Waals surface area contributed by atoms with Crippen LogP contribution in [-0.2, 0) is 9.84 Å². The molecular formula is C14H10N2O2S. The summed E-state index contributed by atoms with van der Waals surface area (Å²) in [5, 5.41) is 9.07. The predicted molar refractivity (Wildman–Crippen MR) is 71.5 cm³/mol. The number of hydrogen-bond acceptors (Lipinski definition) is 4. The highest BCUT2D eigenvalue weighted by molar-refractivity contribution is 7.95. The maximum Gasteiger partial charge on any atom is 0.216 e. The molecule has 0 spiro atoms. The van der Waals surface area contributed by atoms with Gasteiger partial charge in [-0.2, -0.15) is 5.26 Å². The Morgan fingerprint density at radius 3 is 2.47 bits per heavy atom. The number of hydrogen-bond donors (Lipinski definition) is 0. The molecule has 0 aliphatic heterocycles. The van der Waals surface area contributed by atoms with Crippen LogP contribution in [0.2, 0.25) is 0 Å². The number of allylic oxidation sites excluding steroid dienone is 1. The quantitative estimate of drug-likeness (QED) is 0.803. The second kappa shape index (κ2) is 5.46. The maximum absolute atomic E-state index is 12.3. The summed E-state index contributed by atoms with van der Waals surface area (Å²) < 4.78 is 24.5. The lowest BCUT2D eigenvalue weighted by Gasteiger charge is -2.02. The van der Waals surface area contributed by atoms with Crippen LogP contribution >= 0.6 is 0 Å². The molecule has 0 fully saturated rings. The Kier molecular flexibility index (Phi) is 3.74. The molecule has 0 N–H and O–H groups in total. The topological polar surface area (TPSA) is 70.8 Å². The third kappa shape index (κ3) is 2.87. The first kappa shape index (κ1) is 13.0. The SMILES string of the molecule is N#C/C(=C\c1cccnc1)S(=O)(=O)c1ccccc1. The van der Waals surface area contributed by atoms with E-state index in [9.17, 15) is 8.42 Å². The Hall–Kier alpha value is -2.45. The average molecular weight is 270 g/mol. The first-order valence-electron chi connectivity index (χ1n) is 5.46. The van der Waals surface area contributed by atoms with Crippen molar-refractivity contribution in [1.29, 1.82) is 5.26 Å². The number of sulfone groups is 1. The van der Waals surface area contributed by atoms with Gasteiger partial charge >= 0.3 is 0 Å². The molecule has 0 amide bonds. The molecule has 0 atom stereocenters. The molecule has 4 nitrogen and oxygen atoms in total. The van der Waals surface area contributed by atoms with Gasteiger partial charge in [-0.25, -0.2) is 8.42 Å². The van der Waals surface area contributed by atoms with Crippen molar-refractivity contribution in [3.8, 4) is 6.07 Å². The molecule has 1 heterocycles. The highest BCUT2D eigenvalue weighted by atomic mass is 32.2. The van der Waals surface area contributed by atoms with Crippen LogP contribution in [0.3, 0.4) is 0 Å². The number of pyridine rings is 1. The van der Waals surface area contributed by atoms with E-state index in [0.29, 0.717) is 5.56 Å². The van der Waals surface area contributed by atoms with E-state index in [4.69, 9.17) is 5.26 Å². The van der Waals surface area contributed by atoms with Crippen molar-refractivity contribution in [3.63, 3.8) is 0 Å². The van der Waals surface area contributed by atoms with Crippen molar-refractivity contribution in [2.24, 2.45) is 0 Å². The fraction of sp³-hybridized carbons (Fsp3) is 0. The summed E-state index contributed by atoms with van der Waals surface area (Å²) in [7, 11) is -3.78. The summed E-state index contributed by atoms with van der Waals surface area (Å²) in [5.74, 6) is 0. The Morgan fingerprint density at radius 1 is 1.16 bits per heavy atom. The molecule has 5 heteroatoms. The third-order valence-electron chi connectivity index (χ3n) is 2.44. The van der Waals surface area contributed by atoms with Crippen LogP contribution < -0.4 is 0 Å².